The van der Waals surface area contributed by atoms with Crippen molar-refractivity contribution < 1.29 is 18.4 Å². The number of non-ortho nitro benzene ring substituents is 1. The Bertz CT molecular complexity index is 555. The molecule has 6 nitrogen and oxygen atoms in total. The van der Waals surface area contributed by atoms with Gasteiger partial charge in [-0.1, -0.05) is 26.0 Å². The lowest BCUT2D eigenvalue weighted by Crippen LogP contribution is -2.29. The summed E-state index contributed by atoms with van der Waals surface area (Å²) in [5, 5.41) is 19.9. The van der Waals surface area contributed by atoms with Gasteiger partial charge in [0.25, 0.3) is 5.69 Å². The number of benzene rings is 1. The minimum absolute atomic E-state index is 0.0719. The van der Waals surface area contributed by atoms with Crippen LogP contribution in [0.4, 0.5) is 5.69 Å². The van der Waals surface area contributed by atoms with Crippen molar-refractivity contribution in [2.45, 2.75) is 31.6 Å². The monoisotopic (exact) mass is 287 g/mol. The molecule has 19 heavy (non-hydrogen) atoms. The highest BCUT2D eigenvalue weighted by molar-refractivity contribution is 7.92. The van der Waals surface area contributed by atoms with E-state index in [9.17, 15) is 23.6 Å². The highest BCUT2D eigenvalue weighted by Crippen LogP contribution is 2.27. The Morgan fingerprint density at radius 3 is 2.47 bits per heavy atom. The van der Waals surface area contributed by atoms with Crippen LogP contribution in [-0.2, 0) is 9.84 Å². The van der Waals surface area contributed by atoms with Crippen LogP contribution >= 0.6 is 0 Å². The second-order valence-electron chi connectivity index (χ2n) is 4.20. The molecule has 0 bridgehead atoms. The van der Waals surface area contributed by atoms with Crippen molar-refractivity contribution in [3.8, 4) is 0 Å². The molecule has 1 aromatic rings. The predicted octanol–water partition coefficient (Wildman–Crippen LogP) is 1.84. The zero-order valence-electron chi connectivity index (χ0n) is 10.8. The van der Waals surface area contributed by atoms with Gasteiger partial charge in [-0.2, -0.15) is 0 Å². The minimum atomic E-state index is -3.41. The molecule has 0 aliphatic heterocycles. The van der Waals surface area contributed by atoms with E-state index in [-0.39, 0.29) is 23.4 Å². The molecule has 1 N–H and O–H groups in total. The number of nitro benzene ring substituents is 1. The van der Waals surface area contributed by atoms with E-state index in [4.69, 9.17) is 0 Å². The topological polar surface area (TPSA) is 97.5 Å². The van der Waals surface area contributed by atoms with Crippen LogP contribution in [0, 0.1) is 10.1 Å². The summed E-state index contributed by atoms with van der Waals surface area (Å²) in [6, 6.07) is 5.43. The molecule has 0 radical (unpaired) electrons. The van der Waals surface area contributed by atoms with Crippen LogP contribution in [0.5, 0.6) is 0 Å². The number of aliphatic hydroxyl groups excluding tert-OH is 1. The molecule has 7 heteroatoms. The zero-order valence-corrected chi connectivity index (χ0v) is 11.6. The summed E-state index contributed by atoms with van der Waals surface area (Å²) in [7, 11) is -3.41. The van der Waals surface area contributed by atoms with E-state index in [1.807, 2.05) is 0 Å². The van der Waals surface area contributed by atoms with E-state index < -0.39 is 26.1 Å². The van der Waals surface area contributed by atoms with Crippen molar-refractivity contribution in [1.82, 2.24) is 0 Å². The quantitative estimate of drug-likeness (QED) is 0.636. The molecule has 2 atom stereocenters. The number of sulfone groups is 1. The van der Waals surface area contributed by atoms with Crippen LogP contribution < -0.4 is 0 Å². The zero-order chi connectivity index (χ0) is 14.6. The van der Waals surface area contributed by atoms with E-state index >= 15 is 0 Å². The second-order valence-corrected chi connectivity index (χ2v) is 6.70. The molecule has 0 saturated heterocycles. The lowest BCUT2D eigenvalue weighted by atomic mass is 10.0. The third kappa shape index (κ3) is 3.51. The number of rotatable bonds is 6. The molecule has 1 aromatic carbocycles. The summed E-state index contributed by atoms with van der Waals surface area (Å²) in [5.41, 5.74) is 0.0818. The van der Waals surface area contributed by atoms with Crippen molar-refractivity contribution in [3.63, 3.8) is 0 Å². The van der Waals surface area contributed by atoms with E-state index in [0.717, 1.165) is 0 Å². The van der Waals surface area contributed by atoms with Gasteiger partial charge in [0.1, 0.15) is 0 Å². The van der Waals surface area contributed by atoms with E-state index in [0.29, 0.717) is 0 Å². The molecular weight excluding hydrogens is 270 g/mol. The predicted molar refractivity (Wildman–Crippen MR) is 71.6 cm³/mol. The van der Waals surface area contributed by atoms with Crippen molar-refractivity contribution in [3.05, 3.63) is 39.9 Å². The van der Waals surface area contributed by atoms with Gasteiger partial charge in [-0.05, 0) is 12.0 Å². The van der Waals surface area contributed by atoms with E-state index in [1.54, 1.807) is 6.92 Å². The Morgan fingerprint density at radius 1 is 1.37 bits per heavy atom. The summed E-state index contributed by atoms with van der Waals surface area (Å²) in [6.07, 6.45) is -1.00. The first kappa shape index (κ1) is 15.6. The average Bonchev–Trinajstić information content (AvgIpc) is 2.39. The molecule has 0 heterocycles. The molecule has 0 aromatic heterocycles. The Kier molecular flexibility index (Phi) is 5.02. The van der Waals surface area contributed by atoms with Crippen LogP contribution in [0.3, 0.4) is 0 Å². The summed E-state index contributed by atoms with van der Waals surface area (Å²) in [4.78, 5) is 10.1. The Hall–Kier alpha value is -1.47. The first-order chi connectivity index (χ1) is 8.83. The van der Waals surface area contributed by atoms with Gasteiger partial charge >= 0.3 is 0 Å². The SMILES string of the molecule is CC[C@H]([C@H](O)c1cccc([N+](=O)[O-])c1)S(=O)(=O)CC. The fraction of sp³-hybridized carbons (Fsp3) is 0.500. The van der Waals surface area contributed by atoms with Crippen LogP contribution in [-0.4, -0.2) is 29.5 Å². The largest absolute Gasteiger partial charge is 0.387 e. The third-order valence-corrected chi connectivity index (χ3v) is 5.36. The molecule has 0 saturated carbocycles. The van der Waals surface area contributed by atoms with Crippen molar-refractivity contribution >= 4 is 15.5 Å². The Labute approximate surface area is 112 Å². The van der Waals surface area contributed by atoms with Crippen LogP contribution in [0.15, 0.2) is 24.3 Å². The smallest absolute Gasteiger partial charge is 0.269 e. The van der Waals surface area contributed by atoms with Gasteiger partial charge in [-0.25, -0.2) is 8.42 Å². The van der Waals surface area contributed by atoms with Crippen molar-refractivity contribution in [2.24, 2.45) is 0 Å². The van der Waals surface area contributed by atoms with Crippen LogP contribution in [0.25, 0.3) is 0 Å². The number of aliphatic hydroxyl groups is 1. The normalized spacial score (nSPS) is 14.9. The van der Waals surface area contributed by atoms with Gasteiger partial charge in [-0.3, -0.25) is 10.1 Å². The summed E-state index contributed by atoms with van der Waals surface area (Å²) in [5.74, 6) is -0.0719. The number of hydrogen-bond donors (Lipinski definition) is 1. The van der Waals surface area contributed by atoms with Crippen LogP contribution in [0.2, 0.25) is 0 Å². The fourth-order valence-corrected chi connectivity index (χ4v) is 3.41. The van der Waals surface area contributed by atoms with Crippen molar-refractivity contribution in [1.29, 1.82) is 0 Å². The molecule has 0 amide bonds. The Morgan fingerprint density at radius 2 is 2.00 bits per heavy atom. The Balaban J connectivity index is 3.14. The summed E-state index contributed by atoms with van der Waals surface area (Å²) < 4.78 is 23.7. The molecule has 0 unspecified atom stereocenters. The molecule has 0 spiro atoms. The lowest BCUT2D eigenvalue weighted by molar-refractivity contribution is -0.385. The molecule has 0 aliphatic carbocycles. The molecule has 1 rings (SSSR count). The number of hydrogen-bond acceptors (Lipinski definition) is 5. The number of nitro groups is 1. The van der Waals surface area contributed by atoms with Crippen molar-refractivity contribution in [2.75, 3.05) is 5.75 Å². The lowest BCUT2D eigenvalue weighted by Gasteiger charge is -2.21. The maximum absolute atomic E-state index is 11.9. The maximum Gasteiger partial charge on any atom is 0.269 e. The molecule has 106 valence electrons. The van der Waals surface area contributed by atoms with E-state index in [1.165, 1.54) is 31.2 Å². The fourth-order valence-electron chi connectivity index (χ4n) is 1.92. The number of nitrogens with zero attached hydrogens (tertiary/aromatic N) is 1. The minimum Gasteiger partial charge on any atom is -0.387 e. The highest BCUT2D eigenvalue weighted by atomic mass is 32.2. The summed E-state index contributed by atoms with van der Waals surface area (Å²) in [6.45, 7) is 3.18. The summed E-state index contributed by atoms with van der Waals surface area (Å²) >= 11 is 0. The van der Waals surface area contributed by atoms with Gasteiger partial charge in [-0.15, -0.1) is 0 Å². The van der Waals surface area contributed by atoms with Gasteiger partial charge < -0.3 is 5.11 Å². The van der Waals surface area contributed by atoms with Gasteiger partial charge in [0.15, 0.2) is 9.84 Å². The standard InChI is InChI=1S/C12H17NO5S/c1-3-11(19(17,18)4-2)12(14)9-6-5-7-10(8-9)13(15)16/h5-8,11-12,14H,3-4H2,1-2H3/t11-,12-/m1/s1. The third-order valence-electron chi connectivity index (χ3n) is 3.04. The van der Waals surface area contributed by atoms with E-state index in [2.05, 4.69) is 0 Å². The van der Waals surface area contributed by atoms with Gasteiger partial charge in [0, 0.05) is 17.9 Å². The van der Waals surface area contributed by atoms with Gasteiger partial charge in [0.05, 0.1) is 16.3 Å². The second kappa shape index (κ2) is 6.12. The molecule has 0 fully saturated rings. The van der Waals surface area contributed by atoms with Crippen LogP contribution in [0.1, 0.15) is 31.9 Å². The molecule has 0 aliphatic rings. The van der Waals surface area contributed by atoms with Gasteiger partial charge in [0.2, 0.25) is 0 Å². The highest BCUT2D eigenvalue weighted by Gasteiger charge is 2.31. The first-order valence-corrected chi connectivity index (χ1v) is 7.69. The maximum atomic E-state index is 11.9. The first-order valence-electron chi connectivity index (χ1n) is 5.97. The average molecular weight is 287 g/mol. The molecular formula is C12H17NO5S.